The maximum Gasteiger partial charge on any atom is 0.343 e. The molecule has 0 fully saturated rings. The summed E-state index contributed by atoms with van der Waals surface area (Å²) in [5.41, 5.74) is 0.0104. The van der Waals surface area contributed by atoms with Gasteiger partial charge in [-0.05, 0) is 30.3 Å². The van der Waals surface area contributed by atoms with Crippen molar-refractivity contribution in [2.75, 3.05) is 16.1 Å². The molecular weight excluding hydrogens is 317 g/mol. The molecule has 0 saturated carbocycles. The van der Waals surface area contributed by atoms with E-state index in [0.29, 0.717) is 4.90 Å². The summed E-state index contributed by atoms with van der Waals surface area (Å²) in [5.74, 6) is -2.32. The van der Waals surface area contributed by atoms with Gasteiger partial charge >= 0.3 is 6.05 Å². The normalized spacial score (nSPS) is 14.0. The van der Waals surface area contributed by atoms with Crippen molar-refractivity contribution in [3.8, 4) is 0 Å². The first-order valence-corrected chi connectivity index (χ1v) is 6.91. The minimum Gasteiger partial charge on any atom is -0.320 e. The van der Waals surface area contributed by atoms with Crippen LogP contribution in [0.1, 0.15) is 10.4 Å². The number of nitrogens with one attached hydrogen (secondary N) is 1. The molecule has 0 bridgehead atoms. The SMILES string of the molecule is O=C1Nc2ccccc2N(C(F)(F)CCl)c2ccc(F)cc21. The number of alkyl halides is 3. The van der Waals surface area contributed by atoms with E-state index < -0.39 is 23.7 Å². The average Bonchev–Trinajstić information content (AvgIpc) is 2.62. The van der Waals surface area contributed by atoms with Crippen molar-refractivity contribution < 1.29 is 18.0 Å². The van der Waals surface area contributed by atoms with Crippen LogP contribution in [0, 0.1) is 5.82 Å². The van der Waals surface area contributed by atoms with Gasteiger partial charge in [-0.1, -0.05) is 12.1 Å². The third-order valence-corrected chi connectivity index (χ3v) is 3.65. The number of para-hydroxylation sites is 2. The molecular formula is C15H10ClF3N2O. The second-order valence-electron chi connectivity index (χ2n) is 4.77. The van der Waals surface area contributed by atoms with E-state index >= 15 is 0 Å². The van der Waals surface area contributed by atoms with E-state index in [-0.39, 0.29) is 22.6 Å². The minimum absolute atomic E-state index is 0.0897. The second-order valence-corrected chi connectivity index (χ2v) is 5.03. The summed E-state index contributed by atoms with van der Waals surface area (Å²) in [4.78, 5) is 12.9. The molecule has 1 aliphatic heterocycles. The van der Waals surface area contributed by atoms with Gasteiger partial charge in [0, 0.05) is 0 Å². The summed E-state index contributed by atoms with van der Waals surface area (Å²) in [7, 11) is 0. The van der Waals surface area contributed by atoms with E-state index in [1.54, 1.807) is 12.1 Å². The van der Waals surface area contributed by atoms with Crippen LogP contribution in [-0.2, 0) is 0 Å². The van der Waals surface area contributed by atoms with E-state index in [4.69, 9.17) is 11.6 Å². The van der Waals surface area contributed by atoms with Gasteiger partial charge in [-0.3, -0.25) is 9.69 Å². The first kappa shape index (κ1) is 14.7. The van der Waals surface area contributed by atoms with Gasteiger partial charge in [0.15, 0.2) is 0 Å². The number of carbonyl (C=O) groups is 1. The lowest BCUT2D eigenvalue weighted by Crippen LogP contribution is -2.40. The molecule has 1 heterocycles. The number of hydrogen-bond acceptors (Lipinski definition) is 2. The number of amides is 1. The predicted octanol–water partition coefficient (Wildman–Crippen LogP) is 4.36. The van der Waals surface area contributed by atoms with Gasteiger partial charge in [-0.15, -0.1) is 11.6 Å². The van der Waals surface area contributed by atoms with Crippen molar-refractivity contribution in [3.63, 3.8) is 0 Å². The molecule has 0 radical (unpaired) electrons. The largest absolute Gasteiger partial charge is 0.343 e. The van der Waals surface area contributed by atoms with Gasteiger partial charge < -0.3 is 5.32 Å². The predicted molar refractivity (Wildman–Crippen MR) is 78.6 cm³/mol. The highest BCUT2D eigenvalue weighted by atomic mass is 35.5. The smallest absolute Gasteiger partial charge is 0.320 e. The fraction of sp³-hybridized carbons (Fsp3) is 0.133. The number of halogens is 4. The zero-order valence-corrected chi connectivity index (χ0v) is 11.9. The molecule has 0 aromatic heterocycles. The van der Waals surface area contributed by atoms with Crippen molar-refractivity contribution in [2.45, 2.75) is 6.05 Å². The fourth-order valence-electron chi connectivity index (χ4n) is 2.39. The molecule has 0 spiro atoms. The zero-order valence-electron chi connectivity index (χ0n) is 11.1. The highest BCUT2D eigenvalue weighted by Gasteiger charge is 2.41. The fourth-order valence-corrected chi connectivity index (χ4v) is 2.51. The van der Waals surface area contributed by atoms with Gasteiger partial charge in [0.05, 0.1) is 22.6 Å². The highest BCUT2D eigenvalue weighted by Crippen LogP contribution is 2.44. The first-order chi connectivity index (χ1) is 10.4. The molecule has 0 unspecified atom stereocenters. The van der Waals surface area contributed by atoms with Gasteiger partial charge in [0.25, 0.3) is 5.91 Å². The summed E-state index contributed by atoms with van der Waals surface area (Å²) in [6, 6.07) is 5.75. The van der Waals surface area contributed by atoms with Crippen LogP contribution < -0.4 is 10.2 Å². The Morgan fingerprint density at radius 1 is 1.14 bits per heavy atom. The van der Waals surface area contributed by atoms with Crippen molar-refractivity contribution in [1.82, 2.24) is 0 Å². The summed E-state index contributed by atoms with van der Waals surface area (Å²) in [5, 5.41) is 2.51. The number of rotatable bonds is 2. The number of nitrogens with zero attached hydrogens (tertiary/aromatic N) is 1. The van der Waals surface area contributed by atoms with E-state index in [1.165, 1.54) is 12.1 Å². The molecule has 3 nitrogen and oxygen atoms in total. The average molecular weight is 327 g/mol. The van der Waals surface area contributed by atoms with Crippen molar-refractivity contribution >= 4 is 34.6 Å². The Labute approximate surface area is 129 Å². The summed E-state index contributed by atoms with van der Waals surface area (Å²) < 4.78 is 42.2. The quantitative estimate of drug-likeness (QED) is 0.657. The Bertz CT molecular complexity index is 751. The maximum absolute atomic E-state index is 14.4. The number of anilines is 3. The zero-order chi connectivity index (χ0) is 15.9. The molecule has 114 valence electrons. The molecule has 0 atom stereocenters. The standard InChI is InChI=1S/C15H10ClF3N2O/c16-8-15(18,19)21-12-6-5-9(17)7-10(12)14(22)20-11-3-1-2-4-13(11)21/h1-7H,8H2,(H,20,22). The molecule has 1 aliphatic rings. The van der Waals surface area contributed by atoms with Crippen LogP contribution in [0.25, 0.3) is 0 Å². The molecule has 3 rings (SSSR count). The minimum atomic E-state index is -3.45. The number of hydrogen-bond donors (Lipinski definition) is 1. The number of carbonyl (C=O) groups excluding carboxylic acids is 1. The lowest BCUT2D eigenvalue weighted by molar-refractivity contribution is 0.0336. The van der Waals surface area contributed by atoms with Crippen LogP contribution >= 0.6 is 11.6 Å². The topological polar surface area (TPSA) is 32.3 Å². The van der Waals surface area contributed by atoms with Crippen molar-refractivity contribution in [2.24, 2.45) is 0 Å². The summed E-state index contributed by atoms with van der Waals surface area (Å²) >= 11 is 5.41. The Kier molecular flexibility index (Phi) is 3.48. The van der Waals surface area contributed by atoms with Crippen LogP contribution in [0.4, 0.5) is 30.2 Å². The molecule has 0 aliphatic carbocycles. The van der Waals surface area contributed by atoms with E-state index in [1.807, 2.05) is 0 Å². The Morgan fingerprint density at radius 2 is 1.86 bits per heavy atom. The lowest BCUT2D eigenvalue weighted by Gasteiger charge is -2.32. The highest BCUT2D eigenvalue weighted by molar-refractivity contribution is 6.19. The van der Waals surface area contributed by atoms with Gasteiger partial charge in [-0.25, -0.2) is 4.39 Å². The monoisotopic (exact) mass is 326 g/mol. The Balaban J connectivity index is 2.32. The molecule has 2 aromatic carbocycles. The molecule has 7 heteroatoms. The maximum atomic E-state index is 14.4. The summed E-state index contributed by atoms with van der Waals surface area (Å²) in [6.07, 6.45) is 0. The molecule has 1 N–H and O–H groups in total. The van der Waals surface area contributed by atoms with Crippen LogP contribution in [-0.4, -0.2) is 17.8 Å². The van der Waals surface area contributed by atoms with E-state index in [0.717, 1.165) is 18.2 Å². The van der Waals surface area contributed by atoms with Crippen molar-refractivity contribution in [1.29, 1.82) is 0 Å². The van der Waals surface area contributed by atoms with Gasteiger partial charge in [0.1, 0.15) is 11.7 Å². The Hall–Kier alpha value is -2.21. The van der Waals surface area contributed by atoms with E-state index in [9.17, 15) is 18.0 Å². The van der Waals surface area contributed by atoms with Crippen LogP contribution in [0.5, 0.6) is 0 Å². The first-order valence-electron chi connectivity index (χ1n) is 6.38. The third kappa shape index (κ3) is 2.29. The van der Waals surface area contributed by atoms with Crippen LogP contribution in [0.2, 0.25) is 0 Å². The lowest BCUT2D eigenvalue weighted by atomic mass is 10.1. The van der Waals surface area contributed by atoms with Crippen LogP contribution in [0.3, 0.4) is 0 Å². The van der Waals surface area contributed by atoms with Crippen molar-refractivity contribution in [3.05, 3.63) is 53.8 Å². The number of fused-ring (bicyclic) bond motifs is 2. The molecule has 0 saturated heterocycles. The molecule has 2 aromatic rings. The van der Waals surface area contributed by atoms with Crippen LogP contribution in [0.15, 0.2) is 42.5 Å². The van der Waals surface area contributed by atoms with E-state index in [2.05, 4.69) is 5.32 Å². The molecule has 22 heavy (non-hydrogen) atoms. The second kappa shape index (κ2) is 5.21. The Morgan fingerprint density at radius 3 is 2.59 bits per heavy atom. The third-order valence-electron chi connectivity index (χ3n) is 3.33. The van der Waals surface area contributed by atoms with Gasteiger partial charge in [-0.2, -0.15) is 8.78 Å². The summed E-state index contributed by atoms with van der Waals surface area (Å²) in [6.45, 7) is 0. The number of benzene rings is 2. The molecule has 1 amide bonds. The van der Waals surface area contributed by atoms with Gasteiger partial charge in [0.2, 0.25) is 0 Å².